The van der Waals surface area contributed by atoms with Gasteiger partial charge in [0, 0.05) is 19.5 Å². The Morgan fingerprint density at radius 3 is 2.17 bits per heavy atom. The molecule has 0 spiro atoms. The molecule has 0 aliphatic rings. The van der Waals surface area contributed by atoms with E-state index in [0.29, 0.717) is 25.9 Å². The molecule has 0 saturated carbocycles. The number of nitrogens with two attached hydrogens (primary N) is 1. The summed E-state index contributed by atoms with van der Waals surface area (Å²) in [5.41, 5.74) is 5.71. The smallest absolute Gasteiger partial charge is 0.236 e. The highest BCUT2D eigenvalue weighted by Crippen LogP contribution is 1.96. The third kappa shape index (κ3) is 8.98. The summed E-state index contributed by atoms with van der Waals surface area (Å²) in [7, 11) is 0. The van der Waals surface area contributed by atoms with Gasteiger partial charge in [0.1, 0.15) is 0 Å². The van der Waals surface area contributed by atoms with Crippen LogP contribution in [0.2, 0.25) is 0 Å². The van der Waals surface area contributed by atoms with Gasteiger partial charge < -0.3 is 16.4 Å². The van der Waals surface area contributed by atoms with Crippen molar-refractivity contribution in [2.45, 2.75) is 58.4 Å². The third-order valence-corrected chi connectivity index (χ3v) is 2.70. The maximum atomic E-state index is 11.5. The fourth-order valence-corrected chi connectivity index (χ4v) is 1.43. The van der Waals surface area contributed by atoms with Crippen molar-refractivity contribution in [3.8, 4) is 0 Å². The Morgan fingerprint density at radius 2 is 1.61 bits per heavy atom. The number of hydrogen-bond donors (Lipinski definition) is 3. The van der Waals surface area contributed by atoms with E-state index in [9.17, 15) is 9.59 Å². The molecule has 1 atom stereocenters. The first-order valence-corrected chi connectivity index (χ1v) is 6.91. The van der Waals surface area contributed by atoms with Crippen LogP contribution in [0.5, 0.6) is 0 Å². The number of amides is 2. The normalized spacial score (nSPS) is 11.9. The highest BCUT2D eigenvalue weighted by atomic mass is 16.2. The molecule has 0 unspecified atom stereocenters. The molecule has 5 heteroatoms. The van der Waals surface area contributed by atoms with Crippen molar-refractivity contribution in [1.29, 1.82) is 0 Å². The minimum absolute atomic E-state index is 0.0275. The molecule has 0 aromatic rings. The van der Waals surface area contributed by atoms with Crippen molar-refractivity contribution in [1.82, 2.24) is 10.6 Å². The maximum Gasteiger partial charge on any atom is 0.236 e. The molecule has 0 heterocycles. The lowest BCUT2D eigenvalue weighted by atomic mass is 10.1. The molecule has 2 amide bonds. The van der Waals surface area contributed by atoms with E-state index >= 15 is 0 Å². The van der Waals surface area contributed by atoms with Crippen LogP contribution in [0.25, 0.3) is 0 Å². The molecular formula is C13H27N3O2. The van der Waals surface area contributed by atoms with Crippen molar-refractivity contribution >= 4 is 11.8 Å². The van der Waals surface area contributed by atoms with Crippen molar-refractivity contribution in [3.63, 3.8) is 0 Å². The number of carbonyl (C=O) groups is 2. The Labute approximate surface area is 110 Å². The van der Waals surface area contributed by atoms with Crippen LogP contribution in [-0.2, 0) is 9.59 Å². The Hall–Kier alpha value is -1.10. The van der Waals surface area contributed by atoms with Gasteiger partial charge in [-0.3, -0.25) is 9.59 Å². The van der Waals surface area contributed by atoms with Gasteiger partial charge in [-0.2, -0.15) is 0 Å². The van der Waals surface area contributed by atoms with Gasteiger partial charge in [0.25, 0.3) is 0 Å². The molecule has 0 aliphatic carbocycles. The van der Waals surface area contributed by atoms with E-state index < -0.39 is 6.04 Å². The Balaban J connectivity index is 3.64. The van der Waals surface area contributed by atoms with Gasteiger partial charge in [-0.1, -0.05) is 26.7 Å². The minimum Gasteiger partial charge on any atom is -0.356 e. The van der Waals surface area contributed by atoms with Gasteiger partial charge in [-0.05, 0) is 19.3 Å². The second kappa shape index (κ2) is 11.0. The largest absolute Gasteiger partial charge is 0.356 e. The monoisotopic (exact) mass is 257 g/mol. The van der Waals surface area contributed by atoms with E-state index in [1.54, 1.807) is 0 Å². The van der Waals surface area contributed by atoms with Crippen molar-refractivity contribution < 1.29 is 9.59 Å². The molecule has 0 aromatic carbocycles. The van der Waals surface area contributed by atoms with Gasteiger partial charge in [0.15, 0.2) is 0 Å². The zero-order valence-corrected chi connectivity index (χ0v) is 11.6. The van der Waals surface area contributed by atoms with E-state index in [-0.39, 0.29) is 11.8 Å². The molecule has 0 saturated heterocycles. The zero-order chi connectivity index (χ0) is 13.8. The average molecular weight is 257 g/mol. The van der Waals surface area contributed by atoms with E-state index in [1.807, 2.05) is 0 Å². The molecule has 0 bridgehead atoms. The van der Waals surface area contributed by atoms with Crippen LogP contribution in [0, 0.1) is 0 Å². The summed E-state index contributed by atoms with van der Waals surface area (Å²) in [5, 5.41) is 5.57. The molecule has 5 nitrogen and oxygen atoms in total. The Morgan fingerprint density at radius 1 is 1.06 bits per heavy atom. The first-order chi connectivity index (χ1) is 8.61. The van der Waals surface area contributed by atoms with Crippen LogP contribution in [0.3, 0.4) is 0 Å². The van der Waals surface area contributed by atoms with E-state index in [2.05, 4.69) is 24.5 Å². The van der Waals surface area contributed by atoms with Crippen molar-refractivity contribution in [3.05, 3.63) is 0 Å². The summed E-state index contributed by atoms with van der Waals surface area (Å²) in [6, 6.07) is -0.584. The first kappa shape index (κ1) is 16.9. The molecule has 0 aromatic heterocycles. The van der Waals surface area contributed by atoms with Crippen LogP contribution in [0.1, 0.15) is 52.4 Å². The number of rotatable bonds is 10. The van der Waals surface area contributed by atoms with E-state index in [4.69, 9.17) is 5.73 Å². The number of carbonyl (C=O) groups excluding carboxylic acids is 2. The SMILES string of the molecule is CCCCNC(=O)CC[C@H](N)C(=O)NCCCC. The lowest BCUT2D eigenvalue weighted by molar-refractivity contribution is -0.123. The van der Waals surface area contributed by atoms with Crippen LogP contribution >= 0.6 is 0 Å². The van der Waals surface area contributed by atoms with Crippen LogP contribution in [0.15, 0.2) is 0 Å². The van der Waals surface area contributed by atoms with Gasteiger partial charge in [-0.15, -0.1) is 0 Å². The summed E-state index contributed by atoms with van der Waals surface area (Å²) >= 11 is 0. The lowest BCUT2D eigenvalue weighted by Crippen LogP contribution is -2.41. The van der Waals surface area contributed by atoms with Crippen molar-refractivity contribution in [2.75, 3.05) is 13.1 Å². The summed E-state index contributed by atoms with van der Waals surface area (Å²) in [4.78, 5) is 22.9. The second-order valence-electron chi connectivity index (χ2n) is 4.49. The molecule has 0 fully saturated rings. The topological polar surface area (TPSA) is 84.2 Å². The minimum atomic E-state index is -0.584. The fraction of sp³-hybridized carbons (Fsp3) is 0.846. The molecule has 4 N–H and O–H groups in total. The van der Waals surface area contributed by atoms with Crippen LogP contribution in [0.4, 0.5) is 0 Å². The van der Waals surface area contributed by atoms with E-state index in [1.165, 1.54) is 0 Å². The number of nitrogens with one attached hydrogen (secondary N) is 2. The standard InChI is InChI=1S/C13H27N3O2/c1-3-5-9-15-12(17)8-7-11(14)13(18)16-10-6-4-2/h11H,3-10,14H2,1-2H3,(H,15,17)(H,16,18)/t11-/m0/s1. The Bertz CT molecular complexity index is 244. The highest BCUT2D eigenvalue weighted by molar-refractivity contribution is 5.82. The summed E-state index contributed by atoms with van der Waals surface area (Å²) in [6.45, 7) is 5.49. The molecule has 0 rings (SSSR count). The van der Waals surface area contributed by atoms with E-state index in [0.717, 1.165) is 25.7 Å². The summed E-state index contributed by atoms with van der Waals surface area (Å²) in [5.74, 6) is -0.190. The van der Waals surface area contributed by atoms with Crippen LogP contribution in [-0.4, -0.2) is 30.9 Å². The second-order valence-corrected chi connectivity index (χ2v) is 4.49. The third-order valence-electron chi connectivity index (χ3n) is 2.70. The molecule has 0 radical (unpaired) electrons. The van der Waals surface area contributed by atoms with Gasteiger partial charge in [0.05, 0.1) is 6.04 Å². The molecular weight excluding hydrogens is 230 g/mol. The lowest BCUT2D eigenvalue weighted by Gasteiger charge is -2.11. The number of hydrogen-bond acceptors (Lipinski definition) is 3. The van der Waals surface area contributed by atoms with Gasteiger partial charge in [0.2, 0.25) is 11.8 Å². The molecule has 106 valence electrons. The predicted octanol–water partition coefficient (Wildman–Crippen LogP) is 0.927. The van der Waals surface area contributed by atoms with Gasteiger partial charge in [-0.25, -0.2) is 0 Å². The number of unbranched alkanes of at least 4 members (excludes halogenated alkanes) is 2. The molecule has 0 aliphatic heterocycles. The van der Waals surface area contributed by atoms with Crippen LogP contribution < -0.4 is 16.4 Å². The van der Waals surface area contributed by atoms with Gasteiger partial charge >= 0.3 is 0 Å². The quantitative estimate of drug-likeness (QED) is 0.509. The summed E-state index contributed by atoms with van der Waals surface area (Å²) < 4.78 is 0. The Kier molecular flexibility index (Phi) is 10.3. The van der Waals surface area contributed by atoms with Crippen molar-refractivity contribution in [2.24, 2.45) is 5.73 Å². The molecule has 18 heavy (non-hydrogen) atoms. The first-order valence-electron chi connectivity index (χ1n) is 6.91. The maximum absolute atomic E-state index is 11.5. The predicted molar refractivity (Wildman–Crippen MR) is 73.0 cm³/mol. The average Bonchev–Trinajstić information content (AvgIpc) is 2.36. The fourth-order valence-electron chi connectivity index (χ4n) is 1.43. The zero-order valence-electron chi connectivity index (χ0n) is 11.6. The highest BCUT2D eigenvalue weighted by Gasteiger charge is 2.14. The summed E-state index contributed by atoms with van der Waals surface area (Å²) in [6.07, 6.45) is 4.74.